The first-order chi connectivity index (χ1) is 13.6. The number of halogens is 1. The van der Waals surface area contributed by atoms with Gasteiger partial charge in [0.1, 0.15) is 17.1 Å². The minimum Gasteiger partial charge on any atom is -0.493 e. The summed E-state index contributed by atoms with van der Waals surface area (Å²) in [7, 11) is 0. The normalized spacial score (nSPS) is 10.9. The highest BCUT2D eigenvalue weighted by atomic mass is 35.5. The van der Waals surface area contributed by atoms with Crippen molar-refractivity contribution in [2.75, 3.05) is 11.9 Å². The Morgan fingerprint density at radius 2 is 2.04 bits per heavy atom. The molecule has 0 unspecified atom stereocenters. The fourth-order valence-corrected chi connectivity index (χ4v) is 3.94. The lowest BCUT2D eigenvalue weighted by Gasteiger charge is -2.08. The molecule has 4 rings (SSSR count). The summed E-state index contributed by atoms with van der Waals surface area (Å²) in [5, 5.41) is 8.59. The second-order valence-corrected chi connectivity index (χ2v) is 7.54. The molecular formula is C20H17ClN4O2S. The van der Waals surface area contributed by atoms with Crippen molar-refractivity contribution >= 4 is 44.9 Å². The molecule has 4 aromatic rings. The molecule has 0 aliphatic rings. The van der Waals surface area contributed by atoms with Crippen LogP contribution in [0.15, 0.2) is 54.6 Å². The predicted octanol–water partition coefficient (Wildman–Crippen LogP) is 4.85. The fraction of sp³-hybridized carbons (Fsp3) is 0.150. The van der Waals surface area contributed by atoms with Gasteiger partial charge in [-0.3, -0.25) is 4.79 Å². The van der Waals surface area contributed by atoms with E-state index in [-0.39, 0.29) is 12.3 Å². The van der Waals surface area contributed by atoms with E-state index in [1.165, 1.54) is 11.3 Å². The molecule has 6 nitrogen and oxygen atoms in total. The number of carbonyl (C=O) groups is 1. The Labute approximate surface area is 170 Å². The van der Waals surface area contributed by atoms with Crippen molar-refractivity contribution in [1.82, 2.24) is 14.8 Å². The molecule has 0 radical (unpaired) electrons. The fourth-order valence-electron chi connectivity index (χ4n) is 2.71. The highest BCUT2D eigenvalue weighted by molar-refractivity contribution is 7.20. The molecule has 142 valence electrons. The third-order valence-electron chi connectivity index (χ3n) is 3.98. The standard InChI is InChI=1S/C20H17ClN4O2S/c1-13-12-17(22-18(26)10-11-27-14-6-3-2-4-7-14)25(24-13)20-23-19-15(21)8-5-9-16(19)28-20/h2-9,12H,10-11H2,1H3,(H,22,26). The lowest BCUT2D eigenvalue weighted by Crippen LogP contribution is -2.17. The number of anilines is 1. The minimum atomic E-state index is -0.156. The summed E-state index contributed by atoms with van der Waals surface area (Å²) in [6, 6.07) is 16.9. The van der Waals surface area contributed by atoms with Crippen LogP contribution in [-0.2, 0) is 4.79 Å². The zero-order chi connectivity index (χ0) is 19.5. The van der Waals surface area contributed by atoms with Gasteiger partial charge in [-0.05, 0) is 31.2 Å². The molecule has 28 heavy (non-hydrogen) atoms. The molecule has 2 heterocycles. The molecule has 0 saturated heterocycles. The molecule has 1 N–H and O–H groups in total. The van der Waals surface area contributed by atoms with Crippen LogP contribution < -0.4 is 10.1 Å². The monoisotopic (exact) mass is 412 g/mol. The van der Waals surface area contributed by atoms with Gasteiger partial charge in [-0.25, -0.2) is 4.98 Å². The Bertz CT molecular complexity index is 1120. The van der Waals surface area contributed by atoms with Crippen molar-refractivity contribution in [3.05, 3.63) is 65.3 Å². The Morgan fingerprint density at radius 1 is 1.21 bits per heavy atom. The molecule has 2 aromatic carbocycles. The van der Waals surface area contributed by atoms with Crippen LogP contribution in [0.1, 0.15) is 12.1 Å². The average Bonchev–Trinajstić information content (AvgIpc) is 3.27. The van der Waals surface area contributed by atoms with Gasteiger partial charge in [-0.2, -0.15) is 9.78 Å². The number of fused-ring (bicyclic) bond motifs is 1. The number of carbonyl (C=O) groups excluding carboxylic acids is 1. The quantitative estimate of drug-likeness (QED) is 0.491. The van der Waals surface area contributed by atoms with Crippen LogP contribution in [0, 0.1) is 6.92 Å². The summed E-state index contributed by atoms with van der Waals surface area (Å²) in [4.78, 5) is 16.9. The summed E-state index contributed by atoms with van der Waals surface area (Å²) >= 11 is 7.69. The first kappa shape index (κ1) is 18.5. The third kappa shape index (κ3) is 4.00. The number of ether oxygens (including phenoxy) is 1. The van der Waals surface area contributed by atoms with Crippen LogP contribution in [0.4, 0.5) is 5.82 Å². The van der Waals surface area contributed by atoms with Crippen molar-refractivity contribution < 1.29 is 9.53 Å². The summed E-state index contributed by atoms with van der Waals surface area (Å²) in [5.74, 6) is 1.15. The summed E-state index contributed by atoms with van der Waals surface area (Å²) < 4.78 is 8.17. The van der Waals surface area contributed by atoms with E-state index < -0.39 is 0 Å². The second-order valence-electron chi connectivity index (χ2n) is 6.13. The van der Waals surface area contributed by atoms with Crippen molar-refractivity contribution in [3.8, 4) is 10.9 Å². The van der Waals surface area contributed by atoms with E-state index >= 15 is 0 Å². The predicted molar refractivity (Wildman–Crippen MR) is 112 cm³/mol. The molecule has 1 amide bonds. The number of hydrogen-bond acceptors (Lipinski definition) is 5. The lowest BCUT2D eigenvalue weighted by atomic mass is 10.3. The molecule has 2 aromatic heterocycles. The van der Waals surface area contributed by atoms with Crippen LogP contribution in [0.2, 0.25) is 5.02 Å². The number of nitrogens with one attached hydrogen (secondary N) is 1. The van der Waals surface area contributed by atoms with Crippen molar-refractivity contribution in [3.63, 3.8) is 0 Å². The van der Waals surface area contributed by atoms with E-state index in [1.807, 2.05) is 55.5 Å². The van der Waals surface area contributed by atoms with Crippen LogP contribution in [0.25, 0.3) is 15.3 Å². The van der Waals surface area contributed by atoms with E-state index in [0.717, 1.165) is 21.7 Å². The van der Waals surface area contributed by atoms with Gasteiger partial charge in [-0.1, -0.05) is 47.2 Å². The van der Waals surface area contributed by atoms with Gasteiger partial charge in [0.15, 0.2) is 0 Å². The number of thiazole rings is 1. The number of nitrogens with zero attached hydrogens (tertiary/aromatic N) is 3. The molecule has 0 spiro atoms. The molecule has 0 aliphatic heterocycles. The number of para-hydroxylation sites is 2. The lowest BCUT2D eigenvalue weighted by molar-refractivity contribution is -0.116. The number of amides is 1. The van der Waals surface area contributed by atoms with Gasteiger partial charge in [0.2, 0.25) is 11.0 Å². The van der Waals surface area contributed by atoms with Crippen LogP contribution in [0.5, 0.6) is 5.75 Å². The van der Waals surface area contributed by atoms with Gasteiger partial charge >= 0.3 is 0 Å². The number of benzene rings is 2. The van der Waals surface area contributed by atoms with Crippen LogP contribution in [-0.4, -0.2) is 27.3 Å². The number of aromatic nitrogens is 3. The van der Waals surface area contributed by atoms with Gasteiger partial charge < -0.3 is 10.1 Å². The van der Waals surface area contributed by atoms with E-state index in [1.54, 1.807) is 10.7 Å². The largest absolute Gasteiger partial charge is 0.493 e. The van der Waals surface area contributed by atoms with Gasteiger partial charge in [0, 0.05) is 6.07 Å². The third-order valence-corrected chi connectivity index (χ3v) is 5.28. The zero-order valence-corrected chi connectivity index (χ0v) is 16.6. The smallest absolute Gasteiger partial charge is 0.228 e. The molecule has 0 saturated carbocycles. The van der Waals surface area contributed by atoms with E-state index in [4.69, 9.17) is 16.3 Å². The number of aryl methyl sites for hydroxylation is 1. The number of hydrogen-bond donors (Lipinski definition) is 1. The highest BCUT2D eigenvalue weighted by Gasteiger charge is 2.15. The Hall–Kier alpha value is -2.90. The second kappa shape index (κ2) is 8.00. The average molecular weight is 413 g/mol. The Morgan fingerprint density at radius 3 is 2.82 bits per heavy atom. The summed E-state index contributed by atoms with van der Waals surface area (Å²) in [6.45, 7) is 2.16. The van der Waals surface area contributed by atoms with Crippen molar-refractivity contribution in [2.24, 2.45) is 0 Å². The Kier molecular flexibility index (Phi) is 5.27. The molecular weight excluding hydrogens is 396 g/mol. The van der Waals surface area contributed by atoms with Gasteiger partial charge in [0.05, 0.1) is 28.4 Å². The molecule has 0 bridgehead atoms. The van der Waals surface area contributed by atoms with E-state index in [2.05, 4.69) is 15.4 Å². The first-order valence-corrected chi connectivity index (χ1v) is 9.89. The van der Waals surface area contributed by atoms with E-state index in [0.29, 0.717) is 22.6 Å². The molecule has 8 heteroatoms. The maximum Gasteiger partial charge on any atom is 0.228 e. The maximum absolute atomic E-state index is 12.4. The van der Waals surface area contributed by atoms with Crippen LogP contribution in [0.3, 0.4) is 0 Å². The summed E-state index contributed by atoms with van der Waals surface area (Å²) in [5.41, 5.74) is 1.51. The molecule has 0 fully saturated rings. The van der Waals surface area contributed by atoms with Crippen molar-refractivity contribution in [1.29, 1.82) is 0 Å². The Balaban J connectivity index is 1.48. The topological polar surface area (TPSA) is 69.0 Å². The van der Waals surface area contributed by atoms with E-state index in [9.17, 15) is 4.79 Å². The van der Waals surface area contributed by atoms with Crippen LogP contribution >= 0.6 is 22.9 Å². The first-order valence-electron chi connectivity index (χ1n) is 8.70. The zero-order valence-electron chi connectivity index (χ0n) is 15.1. The SMILES string of the molecule is Cc1cc(NC(=O)CCOc2ccccc2)n(-c2nc3c(Cl)cccc3s2)n1. The van der Waals surface area contributed by atoms with Gasteiger partial charge in [-0.15, -0.1) is 0 Å². The highest BCUT2D eigenvalue weighted by Crippen LogP contribution is 2.31. The molecule has 0 aliphatic carbocycles. The van der Waals surface area contributed by atoms with Gasteiger partial charge in [0.25, 0.3) is 0 Å². The maximum atomic E-state index is 12.4. The van der Waals surface area contributed by atoms with Crippen molar-refractivity contribution in [2.45, 2.75) is 13.3 Å². The molecule has 0 atom stereocenters. The summed E-state index contributed by atoms with van der Waals surface area (Å²) in [6.07, 6.45) is 0.227. The number of rotatable bonds is 6. The minimum absolute atomic E-state index is 0.156.